The summed E-state index contributed by atoms with van der Waals surface area (Å²) >= 11 is 0. The van der Waals surface area contributed by atoms with E-state index >= 15 is 0 Å². The topological polar surface area (TPSA) is 38.7 Å². The molecular weight excluding hydrogens is 835 g/mol. The van der Waals surface area contributed by atoms with E-state index in [0.29, 0.717) is 17.5 Å². The minimum absolute atomic E-state index is 0.564. The normalized spacial score (nSPS) is 13.7. The molecule has 1 unspecified atom stereocenters. The van der Waals surface area contributed by atoms with Gasteiger partial charge in [-0.15, -0.1) is 0 Å². The monoisotopic (exact) mass is 881 g/mol. The number of hydrogen-bond donors (Lipinski definition) is 0. The molecule has 1 atom stereocenters. The van der Waals surface area contributed by atoms with Crippen LogP contribution in [0.4, 0.5) is 0 Å². The van der Waals surface area contributed by atoms with E-state index < -0.39 is 5.41 Å². The quantitative estimate of drug-likeness (QED) is 0.137. The Morgan fingerprint density at radius 1 is 0.304 bits per heavy atom. The minimum atomic E-state index is -0.564. The number of benzene rings is 10. The second-order valence-corrected chi connectivity index (χ2v) is 17.9. The fraction of sp³-hybridized carbons (Fsp3) is 0.0455. The third-order valence-corrected chi connectivity index (χ3v) is 13.8. The van der Waals surface area contributed by atoms with Crippen LogP contribution in [-0.2, 0) is 11.8 Å². The van der Waals surface area contributed by atoms with Gasteiger partial charge in [0, 0.05) is 16.7 Å². The second-order valence-electron chi connectivity index (χ2n) is 17.9. The first kappa shape index (κ1) is 41.6. The molecule has 0 spiro atoms. The molecule has 0 bridgehead atoms. The smallest absolute Gasteiger partial charge is 0.164 e. The zero-order valence-corrected chi connectivity index (χ0v) is 38.3. The van der Waals surface area contributed by atoms with Crippen molar-refractivity contribution in [3.63, 3.8) is 0 Å². The van der Waals surface area contributed by atoms with Crippen LogP contribution in [0.15, 0.2) is 255 Å². The molecule has 0 aliphatic heterocycles. The Bertz CT molecular complexity index is 3620. The summed E-state index contributed by atoms with van der Waals surface area (Å²) in [6.45, 7) is 2.26. The van der Waals surface area contributed by atoms with E-state index in [9.17, 15) is 0 Å². The van der Waals surface area contributed by atoms with E-state index in [0.717, 1.165) is 39.8 Å². The fourth-order valence-corrected chi connectivity index (χ4v) is 10.6. The first-order valence-electron chi connectivity index (χ1n) is 23.7. The van der Waals surface area contributed by atoms with Crippen LogP contribution in [0.5, 0.6) is 0 Å². The Morgan fingerprint density at radius 2 is 0.725 bits per heavy atom. The lowest BCUT2D eigenvalue weighted by Crippen LogP contribution is -2.31. The highest BCUT2D eigenvalue weighted by atomic mass is 15.0. The molecule has 0 saturated heterocycles. The molecule has 0 saturated carbocycles. The van der Waals surface area contributed by atoms with E-state index in [1.165, 1.54) is 66.8 Å². The van der Waals surface area contributed by atoms with Crippen molar-refractivity contribution in [2.24, 2.45) is 0 Å². The molecule has 0 N–H and O–H groups in total. The fourth-order valence-electron chi connectivity index (χ4n) is 10.6. The Labute approximate surface area is 404 Å². The molecule has 3 nitrogen and oxygen atoms in total. The maximum absolute atomic E-state index is 5.22. The third-order valence-electron chi connectivity index (χ3n) is 13.8. The zero-order valence-electron chi connectivity index (χ0n) is 38.3. The summed E-state index contributed by atoms with van der Waals surface area (Å²) in [6.07, 6.45) is 0.829. The molecule has 1 heterocycles. The summed E-state index contributed by atoms with van der Waals surface area (Å²) in [6, 6.07) is 91.6. The van der Waals surface area contributed by atoms with Crippen LogP contribution in [-0.4, -0.2) is 15.0 Å². The van der Waals surface area contributed by atoms with Crippen LogP contribution < -0.4 is 0 Å². The molecule has 11 aromatic rings. The lowest BCUT2D eigenvalue weighted by Gasteiger charge is -2.36. The summed E-state index contributed by atoms with van der Waals surface area (Å²) in [5.41, 5.74) is 20.7. The number of rotatable bonds is 10. The van der Waals surface area contributed by atoms with Crippen LogP contribution in [0.3, 0.4) is 0 Å². The highest BCUT2D eigenvalue weighted by molar-refractivity contribution is 5.96. The zero-order chi connectivity index (χ0) is 46.2. The van der Waals surface area contributed by atoms with E-state index in [2.05, 4.69) is 237 Å². The predicted octanol–water partition coefficient (Wildman–Crippen LogP) is 16.1. The minimum Gasteiger partial charge on any atom is -0.208 e. The highest BCUT2D eigenvalue weighted by Crippen LogP contribution is 2.59. The first-order valence-corrected chi connectivity index (χ1v) is 23.7. The lowest BCUT2D eigenvalue weighted by atomic mass is 9.65. The number of aromatic nitrogens is 3. The molecule has 0 radical (unpaired) electrons. The van der Waals surface area contributed by atoms with Crippen molar-refractivity contribution in [2.45, 2.75) is 18.8 Å². The largest absolute Gasteiger partial charge is 0.208 e. The lowest BCUT2D eigenvalue weighted by molar-refractivity contribution is 0.749. The van der Waals surface area contributed by atoms with Crippen molar-refractivity contribution in [1.82, 2.24) is 15.0 Å². The van der Waals surface area contributed by atoms with Crippen LogP contribution >= 0.6 is 0 Å². The van der Waals surface area contributed by atoms with Crippen LogP contribution in [0, 0.1) is 6.92 Å². The molecule has 1 aromatic heterocycles. The van der Waals surface area contributed by atoms with Crippen LogP contribution in [0.1, 0.15) is 38.9 Å². The number of hydrogen-bond acceptors (Lipinski definition) is 3. The third kappa shape index (κ3) is 7.55. The summed E-state index contributed by atoms with van der Waals surface area (Å²) in [4.78, 5) is 15.5. The second kappa shape index (κ2) is 17.8. The molecule has 326 valence electrons. The molecule has 0 amide bonds. The highest BCUT2D eigenvalue weighted by Gasteiger charge is 2.48. The average Bonchev–Trinajstić information content (AvgIpc) is 3.73. The van der Waals surface area contributed by atoms with Crippen molar-refractivity contribution < 1.29 is 0 Å². The molecular formula is C66H47N3. The van der Waals surface area contributed by atoms with Gasteiger partial charge in [-0.3, -0.25) is 0 Å². The number of nitrogens with zero attached hydrogens (tertiary/aromatic N) is 3. The number of fused-ring (bicyclic) bond motifs is 3. The Hall–Kier alpha value is -8.79. The van der Waals surface area contributed by atoms with Gasteiger partial charge >= 0.3 is 0 Å². The van der Waals surface area contributed by atoms with Gasteiger partial charge in [-0.25, -0.2) is 15.0 Å². The summed E-state index contributed by atoms with van der Waals surface area (Å²) in [7, 11) is 0. The van der Waals surface area contributed by atoms with Crippen molar-refractivity contribution in [2.75, 3.05) is 0 Å². The molecule has 3 heteroatoms. The molecule has 0 fully saturated rings. The van der Waals surface area contributed by atoms with E-state index in [4.69, 9.17) is 15.0 Å². The van der Waals surface area contributed by atoms with Crippen LogP contribution in [0.25, 0.3) is 78.7 Å². The maximum atomic E-state index is 5.22. The predicted molar refractivity (Wildman–Crippen MR) is 284 cm³/mol. The van der Waals surface area contributed by atoms with Gasteiger partial charge in [-0.05, 0) is 103 Å². The Balaban J connectivity index is 0.980. The van der Waals surface area contributed by atoms with Crippen molar-refractivity contribution in [3.05, 3.63) is 294 Å². The summed E-state index contributed by atoms with van der Waals surface area (Å²) < 4.78 is 0. The van der Waals surface area contributed by atoms with E-state index in [-0.39, 0.29) is 0 Å². The summed E-state index contributed by atoms with van der Waals surface area (Å²) in [5.74, 6) is 1.88. The summed E-state index contributed by atoms with van der Waals surface area (Å²) in [5, 5.41) is 0. The van der Waals surface area contributed by atoms with Gasteiger partial charge in [-0.2, -0.15) is 0 Å². The molecule has 1 aliphatic carbocycles. The van der Waals surface area contributed by atoms with Crippen molar-refractivity contribution >= 4 is 0 Å². The SMILES string of the molecule is Cc1ccccc1C1(c2ccccc2Cc2ccccc2)c2ccccc2-c2c(-c3cccc(-c4nc(-c5ccccc5)nc(-c5ccc(-c6ccc(-c7ccccc7)cc6)cc5)n4)c3)cccc21. The standard InChI is InChI=1S/C66H47N3/c1-45-19-11-14-31-58(45)66(59-32-15-12-26-54(59)43-46-20-5-2-6-21-46)60-33-16-13-29-57(60)62-56(30-18-34-61(62)66)53-27-17-28-55(44-53)65-68-63(51-24-9-4-10-25-51)67-64(69-65)52-41-39-50(40-42-52)49-37-35-48(36-38-49)47-22-7-3-8-23-47/h2-42,44H,43H2,1H3. The molecule has 10 aromatic carbocycles. The average molecular weight is 882 g/mol. The van der Waals surface area contributed by atoms with Gasteiger partial charge in [-0.1, -0.05) is 249 Å². The Morgan fingerprint density at radius 3 is 1.38 bits per heavy atom. The molecule has 69 heavy (non-hydrogen) atoms. The van der Waals surface area contributed by atoms with Gasteiger partial charge in [0.15, 0.2) is 17.5 Å². The maximum Gasteiger partial charge on any atom is 0.164 e. The molecule has 1 aliphatic rings. The van der Waals surface area contributed by atoms with E-state index in [1.807, 2.05) is 24.3 Å². The van der Waals surface area contributed by atoms with Gasteiger partial charge in [0.1, 0.15) is 0 Å². The Kier molecular flexibility index (Phi) is 10.7. The van der Waals surface area contributed by atoms with Gasteiger partial charge in [0.05, 0.1) is 5.41 Å². The number of aryl methyl sites for hydroxylation is 1. The van der Waals surface area contributed by atoms with E-state index in [1.54, 1.807) is 0 Å². The van der Waals surface area contributed by atoms with Gasteiger partial charge < -0.3 is 0 Å². The van der Waals surface area contributed by atoms with Crippen LogP contribution in [0.2, 0.25) is 0 Å². The van der Waals surface area contributed by atoms with Gasteiger partial charge in [0.25, 0.3) is 0 Å². The first-order chi connectivity index (χ1) is 34.1. The van der Waals surface area contributed by atoms with Gasteiger partial charge in [0.2, 0.25) is 0 Å². The van der Waals surface area contributed by atoms with Crippen molar-refractivity contribution in [3.8, 4) is 78.7 Å². The van der Waals surface area contributed by atoms with Crippen molar-refractivity contribution in [1.29, 1.82) is 0 Å². The molecule has 12 rings (SSSR count).